The molecule has 0 aliphatic heterocycles. The second kappa shape index (κ2) is 3.02. The van der Waals surface area contributed by atoms with Gasteiger partial charge in [0.2, 0.25) is 0 Å². The smallest absolute Gasteiger partial charge is 0.232 e. The Morgan fingerprint density at radius 1 is 1.18 bits per heavy atom. The minimum atomic E-state index is -2.43. The molecule has 0 bridgehead atoms. The molecule has 0 saturated heterocycles. The third kappa shape index (κ3) is 1.78. The summed E-state index contributed by atoms with van der Waals surface area (Å²) in [6.45, 7) is 3.67. The summed E-state index contributed by atoms with van der Waals surface area (Å²) >= 11 is 0. The van der Waals surface area contributed by atoms with Crippen LogP contribution in [0.2, 0.25) is 0 Å². The van der Waals surface area contributed by atoms with E-state index in [0.717, 1.165) is 11.1 Å². The molecular formula is C8H9O2P. The van der Waals surface area contributed by atoms with Gasteiger partial charge in [-0.05, 0) is 31.0 Å². The van der Waals surface area contributed by atoms with Gasteiger partial charge in [-0.2, -0.15) is 0 Å². The summed E-state index contributed by atoms with van der Waals surface area (Å²) in [6, 6.07) is 5.40. The maximum Gasteiger partial charge on any atom is 0.348 e. The van der Waals surface area contributed by atoms with Crippen LogP contribution < -0.4 is 5.30 Å². The van der Waals surface area contributed by atoms with Gasteiger partial charge >= 0.3 is 7.68 Å². The lowest BCUT2D eigenvalue weighted by atomic mass is 10.2. The third-order valence-electron chi connectivity index (χ3n) is 1.56. The number of hydrogen-bond acceptors (Lipinski definition) is 2. The van der Waals surface area contributed by atoms with Crippen molar-refractivity contribution in [2.24, 2.45) is 0 Å². The highest BCUT2D eigenvalue weighted by Gasteiger charge is 2.02. The topological polar surface area (TPSA) is 34.1 Å². The minimum absolute atomic E-state index is 0.431. The van der Waals surface area contributed by atoms with Crippen molar-refractivity contribution in [2.45, 2.75) is 13.8 Å². The molecule has 0 aliphatic rings. The van der Waals surface area contributed by atoms with Crippen molar-refractivity contribution in [1.82, 2.24) is 0 Å². The second-order valence-corrected chi connectivity index (χ2v) is 3.54. The lowest BCUT2D eigenvalue weighted by molar-refractivity contribution is 0.523. The summed E-state index contributed by atoms with van der Waals surface area (Å²) in [4.78, 5) is 0. The first kappa shape index (κ1) is 8.22. The van der Waals surface area contributed by atoms with Crippen molar-refractivity contribution < 1.29 is 9.13 Å². The van der Waals surface area contributed by atoms with E-state index in [1.807, 2.05) is 19.1 Å². The fraction of sp³-hybridized carbons (Fsp3) is 0.250. The molecule has 0 amide bonds. The van der Waals surface area contributed by atoms with Gasteiger partial charge in [-0.25, -0.2) is 9.13 Å². The average molecular weight is 168 g/mol. The van der Waals surface area contributed by atoms with E-state index < -0.39 is 7.68 Å². The largest absolute Gasteiger partial charge is 0.348 e. The summed E-state index contributed by atoms with van der Waals surface area (Å²) in [6.07, 6.45) is 0. The zero-order chi connectivity index (χ0) is 8.43. The Labute approximate surface area is 66.1 Å². The molecule has 1 aromatic rings. The lowest BCUT2D eigenvalue weighted by Gasteiger charge is -1.96. The van der Waals surface area contributed by atoms with Gasteiger partial charge in [0, 0.05) is 0 Å². The number of hydrogen-bond donors (Lipinski definition) is 0. The molecule has 0 fully saturated rings. The second-order valence-electron chi connectivity index (χ2n) is 2.55. The van der Waals surface area contributed by atoms with E-state index in [0.29, 0.717) is 5.30 Å². The predicted molar refractivity (Wildman–Crippen MR) is 43.8 cm³/mol. The van der Waals surface area contributed by atoms with Gasteiger partial charge in [-0.3, -0.25) is 0 Å². The van der Waals surface area contributed by atoms with Crippen molar-refractivity contribution in [3.05, 3.63) is 29.3 Å². The standard InChI is InChI=1S/C8H9O2P/c1-6-3-4-7(2)8(5-6)11(9)10/h3-5H,1-2H3. The maximum absolute atomic E-state index is 10.6. The first-order valence-electron chi connectivity index (χ1n) is 3.33. The minimum Gasteiger partial charge on any atom is -0.232 e. The first-order chi connectivity index (χ1) is 5.11. The van der Waals surface area contributed by atoms with Crippen LogP contribution in [0.15, 0.2) is 18.2 Å². The van der Waals surface area contributed by atoms with Crippen molar-refractivity contribution in [3.8, 4) is 0 Å². The zero-order valence-corrected chi connectivity index (χ0v) is 7.39. The highest BCUT2D eigenvalue weighted by atomic mass is 31.1. The van der Waals surface area contributed by atoms with Crippen molar-refractivity contribution >= 4 is 13.0 Å². The van der Waals surface area contributed by atoms with E-state index in [1.165, 1.54) is 0 Å². The van der Waals surface area contributed by atoms with E-state index in [9.17, 15) is 9.13 Å². The Kier molecular flexibility index (Phi) is 2.25. The fourth-order valence-corrected chi connectivity index (χ4v) is 1.59. The summed E-state index contributed by atoms with van der Waals surface area (Å²) in [5.74, 6) is 0. The van der Waals surface area contributed by atoms with E-state index in [2.05, 4.69) is 0 Å². The van der Waals surface area contributed by atoms with E-state index in [-0.39, 0.29) is 0 Å². The molecule has 1 rings (SSSR count). The van der Waals surface area contributed by atoms with Crippen LogP contribution in [0.1, 0.15) is 11.1 Å². The van der Waals surface area contributed by atoms with Gasteiger partial charge in [-0.1, -0.05) is 12.1 Å². The highest BCUT2D eigenvalue weighted by Crippen LogP contribution is 2.10. The molecule has 0 radical (unpaired) electrons. The zero-order valence-electron chi connectivity index (χ0n) is 6.50. The van der Waals surface area contributed by atoms with Crippen LogP contribution in [0.4, 0.5) is 0 Å². The van der Waals surface area contributed by atoms with Crippen molar-refractivity contribution in [3.63, 3.8) is 0 Å². The predicted octanol–water partition coefficient (Wildman–Crippen LogP) is 2.10. The molecule has 3 heteroatoms. The Morgan fingerprint density at radius 2 is 1.82 bits per heavy atom. The Morgan fingerprint density at radius 3 is 2.27 bits per heavy atom. The SMILES string of the molecule is Cc1ccc(C)c(P(=O)=O)c1. The molecular weight excluding hydrogens is 159 g/mol. The average Bonchev–Trinajstić information content (AvgIpc) is 1.94. The molecule has 2 nitrogen and oxygen atoms in total. The van der Waals surface area contributed by atoms with Crippen LogP contribution in [0.25, 0.3) is 0 Å². The van der Waals surface area contributed by atoms with Crippen molar-refractivity contribution in [2.75, 3.05) is 0 Å². The summed E-state index contributed by atoms with van der Waals surface area (Å²) in [7, 11) is -2.43. The molecule has 0 spiro atoms. The molecule has 1 aromatic carbocycles. The van der Waals surface area contributed by atoms with Gasteiger partial charge in [0.25, 0.3) is 0 Å². The van der Waals surface area contributed by atoms with Crippen LogP contribution in [0, 0.1) is 13.8 Å². The molecule has 0 aromatic heterocycles. The van der Waals surface area contributed by atoms with Crippen LogP contribution in [-0.2, 0) is 9.13 Å². The monoisotopic (exact) mass is 168 g/mol. The number of aryl methyl sites for hydroxylation is 2. The Hall–Kier alpha value is -0.880. The normalized spacial score (nSPS) is 9.64. The molecule has 0 saturated carbocycles. The van der Waals surface area contributed by atoms with Gasteiger partial charge in [0.1, 0.15) is 0 Å². The molecule has 0 aliphatic carbocycles. The number of rotatable bonds is 1. The van der Waals surface area contributed by atoms with Gasteiger partial charge in [-0.15, -0.1) is 0 Å². The quantitative estimate of drug-likeness (QED) is 0.601. The molecule has 58 valence electrons. The van der Waals surface area contributed by atoms with E-state index in [4.69, 9.17) is 0 Å². The first-order valence-corrected chi connectivity index (χ1v) is 4.50. The Bertz CT molecular complexity index is 332. The van der Waals surface area contributed by atoms with Crippen LogP contribution in [0.5, 0.6) is 0 Å². The van der Waals surface area contributed by atoms with Gasteiger partial charge < -0.3 is 0 Å². The third-order valence-corrected chi connectivity index (χ3v) is 2.44. The van der Waals surface area contributed by atoms with Crippen LogP contribution >= 0.6 is 7.68 Å². The van der Waals surface area contributed by atoms with E-state index >= 15 is 0 Å². The van der Waals surface area contributed by atoms with Crippen LogP contribution in [-0.4, -0.2) is 0 Å². The molecule has 0 atom stereocenters. The van der Waals surface area contributed by atoms with Crippen molar-refractivity contribution in [1.29, 1.82) is 0 Å². The molecule has 0 unspecified atom stereocenters. The summed E-state index contributed by atoms with van der Waals surface area (Å²) < 4.78 is 21.2. The number of benzene rings is 1. The van der Waals surface area contributed by atoms with E-state index in [1.54, 1.807) is 13.0 Å². The van der Waals surface area contributed by atoms with Gasteiger partial charge in [0.05, 0.1) is 5.30 Å². The fourth-order valence-electron chi connectivity index (χ4n) is 0.916. The summed E-state index contributed by atoms with van der Waals surface area (Å²) in [5, 5.41) is 0.431. The Balaban J connectivity index is 3.35. The highest BCUT2D eigenvalue weighted by molar-refractivity contribution is 7.40. The molecule has 0 N–H and O–H groups in total. The summed E-state index contributed by atoms with van der Waals surface area (Å²) in [5.41, 5.74) is 1.79. The molecule has 11 heavy (non-hydrogen) atoms. The van der Waals surface area contributed by atoms with Crippen LogP contribution in [0.3, 0.4) is 0 Å². The maximum atomic E-state index is 10.6. The lowest BCUT2D eigenvalue weighted by Crippen LogP contribution is -1.98. The molecule has 0 heterocycles. The van der Waals surface area contributed by atoms with Gasteiger partial charge in [0.15, 0.2) is 0 Å².